The predicted octanol–water partition coefficient (Wildman–Crippen LogP) is 4.76. The topological polar surface area (TPSA) is 149 Å². The normalized spacial score (nSPS) is 11.2. The number of nitrogens with zero attached hydrogens (tertiary/aromatic N) is 2. The lowest BCUT2D eigenvalue weighted by molar-refractivity contribution is 0.0689. The lowest BCUT2D eigenvalue weighted by atomic mass is 10.2. The van der Waals surface area contributed by atoms with Crippen molar-refractivity contribution in [2.45, 2.75) is 25.2 Å². The molecule has 0 bridgehead atoms. The monoisotopic (exact) mass is 582 g/mol. The van der Waals surface area contributed by atoms with Crippen LogP contribution in [0.2, 0.25) is 0 Å². The smallest absolute Gasteiger partial charge is 0.356 e. The number of nitrogens with one attached hydrogen (secondary N) is 2. The van der Waals surface area contributed by atoms with Crippen LogP contribution in [0.15, 0.2) is 71.6 Å². The second-order valence-corrected chi connectivity index (χ2v) is 10.5. The highest BCUT2D eigenvalue weighted by Gasteiger charge is 2.26. The number of carboxylic acids is 1. The zero-order chi connectivity index (χ0) is 29.7. The number of ether oxygens (including phenoxy) is 2. The number of aromatic carboxylic acids is 1. The van der Waals surface area contributed by atoms with Crippen molar-refractivity contribution in [2.24, 2.45) is 0 Å². The summed E-state index contributed by atoms with van der Waals surface area (Å²) in [6.07, 6.45) is 0.507. The van der Waals surface area contributed by atoms with Gasteiger partial charge in [-0.1, -0.05) is 25.1 Å². The molecule has 3 N–H and O–H groups in total. The Kier molecular flexibility index (Phi) is 8.69. The molecule has 41 heavy (non-hydrogen) atoms. The van der Waals surface area contributed by atoms with Gasteiger partial charge in [0.15, 0.2) is 5.69 Å². The number of sulfonamides is 1. The number of carboxylic acid groups (broad SMARTS) is 1. The number of methoxy groups -OCH3 is 1. The lowest BCUT2D eigenvalue weighted by Crippen LogP contribution is -2.25. The van der Waals surface area contributed by atoms with E-state index in [1.807, 2.05) is 0 Å². The first kappa shape index (κ1) is 29.2. The van der Waals surface area contributed by atoms with Crippen molar-refractivity contribution in [3.8, 4) is 23.1 Å². The lowest BCUT2D eigenvalue weighted by Gasteiger charge is -2.16. The number of anilines is 1. The number of halogens is 1. The molecule has 1 amide bonds. The van der Waals surface area contributed by atoms with Gasteiger partial charge in [-0.05, 0) is 61.9 Å². The molecule has 0 unspecified atom stereocenters. The minimum atomic E-state index is -4.17. The maximum atomic E-state index is 14.0. The van der Waals surface area contributed by atoms with Crippen LogP contribution >= 0.6 is 0 Å². The summed E-state index contributed by atoms with van der Waals surface area (Å²) < 4.78 is 55.4. The molecule has 13 heteroatoms. The van der Waals surface area contributed by atoms with Crippen LogP contribution in [-0.4, -0.2) is 48.8 Å². The number of para-hydroxylation sites is 1. The highest BCUT2D eigenvalue weighted by Crippen LogP contribution is 2.35. The highest BCUT2D eigenvalue weighted by molar-refractivity contribution is 7.89. The second-order valence-electron chi connectivity index (χ2n) is 8.79. The SMILES string of the molecule is CCCNS(=O)(=O)c1cc(NC(=O)c2ccccc2OC)ccc1Oc1c(C)c(C(=O)O)nn1-c1cccc(F)c1. The molecule has 11 nitrogen and oxygen atoms in total. The molecule has 0 aliphatic heterocycles. The maximum absolute atomic E-state index is 14.0. The number of amides is 1. The van der Waals surface area contributed by atoms with Crippen molar-refractivity contribution in [1.29, 1.82) is 0 Å². The third kappa shape index (κ3) is 6.36. The van der Waals surface area contributed by atoms with Crippen LogP contribution in [0.3, 0.4) is 0 Å². The molecule has 1 heterocycles. The first-order valence-corrected chi connectivity index (χ1v) is 13.9. The Morgan fingerprint density at radius 3 is 2.49 bits per heavy atom. The Morgan fingerprint density at radius 1 is 1.05 bits per heavy atom. The summed E-state index contributed by atoms with van der Waals surface area (Å²) in [6.45, 7) is 3.36. The van der Waals surface area contributed by atoms with Crippen LogP contribution in [0.1, 0.15) is 39.8 Å². The van der Waals surface area contributed by atoms with Gasteiger partial charge in [0.05, 0.1) is 18.4 Å². The Hall–Kier alpha value is -4.75. The minimum absolute atomic E-state index is 0.0835. The van der Waals surface area contributed by atoms with E-state index in [1.54, 1.807) is 31.2 Å². The van der Waals surface area contributed by atoms with E-state index < -0.39 is 27.7 Å². The highest BCUT2D eigenvalue weighted by atomic mass is 32.2. The van der Waals surface area contributed by atoms with E-state index in [0.717, 1.165) is 10.7 Å². The van der Waals surface area contributed by atoms with Gasteiger partial charge < -0.3 is 19.9 Å². The Balaban J connectivity index is 1.80. The number of hydrogen-bond acceptors (Lipinski definition) is 7. The van der Waals surface area contributed by atoms with Gasteiger partial charge >= 0.3 is 5.97 Å². The van der Waals surface area contributed by atoms with E-state index >= 15 is 0 Å². The van der Waals surface area contributed by atoms with Gasteiger partial charge in [0.2, 0.25) is 15.9 Å². The number of aromatic nitrogens is 2. The molecule has 0 aliphatic carbocycles. The Morgan fingerprint density at radius 2 is 1.80 bits per heavy atom. The van der Waals surface area contributed by atoms with Crippen molar-refractivity contribution < 1.29 is 37.0 Å². The summed E-state index contributed by atoms with van der Waals surface area (Å²) in [5.41, 5.74) is 0.259. The number of hydrogen-bond donors (Lipinski definition) is 3. The third-order valence-electron chi connectivity index (χ3n) is 5.92. The van der Waals surface area contributed by atoms with Crippen LogP contribution in [0.5, 0.6) is 17.4 Å². The first-order valence-electron chi connectivity index (χ1n) is 12.4. The Bertz CT molecular complexity index is 1720. The second kappa shape index (κ2) is 12.2. The van der Waals surface area contributed by atoms with Crippen LogP contribution in [0.25, 0.3) is 5.69 Å². The molecule has 0 radical (unpaired) electrons. The largest absolute Gasteiger partial charge is 0.496 e. The summed E-state index contributed by atoms with van der Waals surface area (Å²) in [5.74, 6) is -2.47. The summed E-state index contributed by atoms with van der Waals surface area (Å²) in [6, 6.07) is 15.7. The van der Waals surface area contributed by atoms with Gasteiger partial charge in [0.1, 0.15) is 22.2 Å². The third-order valence-corrected chi connectivity index (χ3v) is 7.40. The fourth-order valence-corrected chi connectivity index (χ4v) is 5.20. The van der Waals surface area contributed by atoms with E-state index in [-0.39, 0.29) is 51.3 Å². The number of carbonyl (C=O) groups excluding carboxylic acids is 1. The molecule has 214 valence electrons. The molecular formula is C28H27FN4O7S. The van der Waals surface area contributed by atoms with Gasteiger partial charge in [-0.25, -0.2) is 22.3 Å². The average molecular weight is 583 g/mol. The zero-order valence-corrected chi connectivity index (χ0v) is 23.2. The van der Waals surface area contributed by atoms with Gasteiger partial charge in [0.25, 0.3) is 5.91 Å². The van der Waals surface area contributed by atoms with Gasteiger partial charge in [0, 0.05) is 17.8 Å². The van der Waals surface area contributed by atoms with Gasteiger partial charge in [-0.3, -0.25) is 4.79 Å². The van der Waals surface area contributed by atoms with Gasteiger partial charge in [-0.15, -0.1) is 0 Å². The molecule has 1 aromatic heterocycles. The van der Waals surface area contributed by atoms with Crippen molar-refractivity contribution in [3.63, 3.8) is 0 Å². The summed E-state index contributed by atoms with van der Waals surface area (Å²) in [4.78, 5) is 24.5. The van der Waals surface area contributed by atoms with E-state index in [9.17, 15) is 27.5 Å². The van der Waals surface area contributed by atoms with Crippen molar-refractivity contribution in [3.05, 3.63) is 89.4 Å². The van der Waals surface area contributed by atoms with E-state index in [2.05, 4.69) is 15.1 Å². The van der Waals surface area contributed by atoms with Crippen molar-refractivity contribution >= 4 is 27.6 Å². The first-order chi connectivity index (χ1) is 19.6. The number of benzene rings is 3. The van der Waals surface area contributed by atoms with Crippen LogP contribution in [-0.2, 0) is 10.0 Å². The van der Waals surface area contributed by atoms with Crippen molar-refractivity contribution in [1.82, 2.24) is 14.5 Å². The van der Waals surface area contributed by atoms with E-state index in [0.29, 0.717) is 12.2 Å². The molecule has 0 atom stereocenters. The number of rotatable bonds is 11. The average Bonchev–Trinajstić information content (AvgIpc) is 3.28. The van der Waals surface area contributed by atoms with Crippen LogP contribution in [0, 0.1) is 12.7 Å². The zero-order valence-electron chi connectivity index (χ0n) is 22.3. The minimum Gasteiger partial charge on any atom is -0.496 e. The fraction of sp³-hybridized carbons (Fsp3) is 0.179. The molecule has 0 aliphatic rings. The predicted molar refractivity (Wildman–Crippen MR) is 148 cm³/mol. The molecular weight excluding hydrogens is 555 g/mol. The summed E-state index contributed by atoms with van der Waals surface area (Å²) in [5, 5.41) is 16.4. The summed E-state index contributed by atoms with van der Waals surface area (Å²) >= 11 is 0. The maximum Gasteiger partial charge on any atom is 0.356 e. The molecule has 4 aromatic rings. The van der Waals surface area contributed by atoms with Crippen LogP contribution in [0.4, 0.5) is 10.1 Å². The Labute approximate surface area is 235 Å². The quantitative estimate of drug-likeness (QED) is 0.229. The molecule has 0 fully saturated rings. The van der Waals surface area contributed by atoms with E-state index in [1.165, 1.54) is 50.4 Å². The van der Waals surface area contributed by atoms with Gasteiger partial charge in [-0.2, -0.15) is 9.78 Å². The molecule has 0 saturated carbocycles. The fourth-order valence-electron chi connectivity index (χ4n) is 3.92. The van der Waals surface area contributed by atoms with E-state index in [4.69, 9.17) is 9.47 Å². The summed E-state index contributed by atoms with van der Waals surface area (Å²) in [7, 11) is -2.75. The molecule has 3 aromatic carbocycles. The standard InChI is InChI=1S/C28H27FN4O7S/c1-4-14-30-41(37,38)24-16-19(31-26(34)21-10-5-6-11-22(21)39-3)12-13-23(24)40-27-17(2)25(28(35)36)32-33(27)20-9-7-8-18(29)15-20/h5-13,15-16,30H,4,14H2,1-3H3,(H,31,34)(H,35,36). The number of carbonyl (C=O) groups is 2. The van der Waals surface area contributed by atoms with Crippen LogP contribution < -0.4 is 19.5 Å². The molecule has 0 spiro atoms. The molecule has 4 rings (SSSR count). The molecule has 0 saturated heterocycles. The van der Waals surface area contributed by atoms with Crippen molar-refractivity contribution in [2.75, 3.05) is 19.0 Å².